The van der Waals surface area contributed by atoms with Crippen LogP contribution in [0.1, 0.15) is 36.8 Å². The lowest BCUT2D eigenvalue weighted by molar-refractivity contribution is 0.474. The summed E-state index contributed by atoms with van der Waals surface area (Å²) in [6.45, 7) is 9.01. The maximum Gasteiger partial charge on any atom is 0.115 e. The molecule has 2 aromatic rings. The van der Waals surface area contributed by atoms with Gasteiger partial charge in [-0.2, -0.15) is 5.10 Å². The molecule has 0 aliphatic rings. The van der Waals surface area contributed by atoms with E-state index in [9.17, 15) is 5.11 Å². The van der Waals surface area contributed by atoms with Crippen molar-refractivity contribution in [3.8, 4) is 5.75 Å². The Balaban J connectivity index is 2.16. The van der Waals surface area contributed by atoms with Crippen LogP contribution < -0.4 is 5.32 Å². The van der Waals surface area contributed by atoms with Crippen LogP contribution in [0.4, 0.5) is 5.69 Å². The molecule has 4 nitrogen and oxygen atoms in total. The van der Waals surface area contributed by atoms with Gasteiger partial charge in [0.05, 0.1) is 17.1 Å². The molecule has 0 radical (unpaired) electrons. The Kier molecular flexibility index (Phi) is 3.79. The van der Waals surface area contributed by atoms with Crippen molar-refractivity contribution in [3.05, 3.63) is 41.2 Å². The quantitative estimate of drug-likeness (QED) is 0.884. The highest BCUT2D eigenvalue weighted by atomic mass is 16.3. The second-order valence-corrected chi connectivity index (χ2v) is 5.11. The first-order valence-electron chi connectivity index (χ1n) is 6.56. The van der Waals surface area contributed by atoms with Gasteiger partial charge >= 0.3 is 0 Å². The highest BCUT2D eigenvalue weighted by molar-refractivity contribution is 5.52. The van der Waals surface area contributed by atoms with Crippen molar-refractivity contribution in [3.63, 3.8) is 0 Å². The van der Waals surface area contributed by atoms with Crippen LogP contribution in [0.15, 0.2) is 24.3 Å². The van der Waals surface area contributed by atoms with Crippen LogP contribution in [-0.4, -0.2) is 14.9 Å². The SMILES string of the molecule is Cc1nn(C(C)C)c(C)c1NCc1cccc(O)c1. The molecule has 0 spiro atoms. The molecule has 0 saturated carbocycles. The molecule has 0 aliphatic heterocycles. The van der Waals surface area contributed by atoms with E-state index in [0.29, 0.717) is 18.3 Å². The highest BCUT2D eigenvalue weighted by Gasteiger charge is 2.12. The van der Waals surface area contributed by atoms with E-state index in [1.807, 2.05) is 23.7 Å². The summed E-state index contributed by atoms with van der Waals surface area (Å²) in [6.07, 6.45) is 0. The van der Waals surface area contributed by atoms with Gasteiger partial charge in [0.15, 0.2) is 0 Å². The fourth-order valence-electron chi connectivity index (χ4n) is 2.28. The number of nitrogens with one attached hydrogen (secondary N) is 1. The van der Waals surface area contributed by atoms with E-state index in [0.717, 1.165) is 22.6 Å². The lowest BCUT2D eigenvalue weighted by Crippen LogP contribution is -2.06. The number of aromatic nitrogens is 2. The summed E-state index contributed by atoms with van der Waals surface area (Å²) in [5.74, 6) is 0.297. The molecule has 102 valence electrons. The van der Waals surface area contributed by atoms with Gasteiger partial charge in [-0.15, -0.1) is 0 Å². The van der Waals surface area contributed by atoms with Gasteiger partial charge in [-0.3, -0.25) is 4.68 Å². The van der Waals surface area contributed by atoms with Crippen LogP contribution in [0, 0.1) is 13.8 Å². The second-order valence-electron chi connectivity index (χ2n) is 5.11. The van der Waals surface area contributed by atoms with Crippen molar-refractivity contribution >= 4 is 5.69 Å². The van der Waals surface area contributed by atoms with Gasteiger partial charge in [0.1, 0.15) is 5.75 Å². The molecule has 0 saturated heterocycles. The van der Waals surface area contributed by atoms with Crippen LogP contribution >= 0.6 is 0 Å². The van der Waals surface area contributed by atoms with Crippen LogP contribution in [0.25, 0.3) is 0 Å². The molecule has 0 fully saturated rings. The average molecular weight is 259 g/mol. The fourth-order valence-corrected chi connectivity index (χ4v) is 2.28. The van der Waals surface area contributed by atoms with Crippen molar-refractivity contribution in [1.82, 2.24) is 9.78 Å². The van der Waals surface area contributed by atoms with E-state index in [-0.39, 0.29) is 0 Å². The van der Waals surface area contributed by atoms with Crippen LogP contribution in [-0.2, 0) is 6.54 Å². The molecule has 2 N–H and O–H groups in total. The molecular formula is C15H21N3O. The Bertz CT molecular complexity index is 573. The Labute approximate surface area is 114 Å². The summed E-state index contributed by atoms with van der Waals surface area (Å²) in [5.41, 5.74) is 4.28. The number of benzene rings is 1. The first-order chi connectivity index (χ1) is 8.99. The zero-order valence-electron chi connectivity index (χ0n) is 11.9. The Morgan fingerprint density at radius 2 is 2.05 bits per heavy atom. The molecule has 19 heavy (non-hydrogen) atoms. The number of hydrogen-bond acceptors (Lipinski definition) is 3. The molecule has 0 unspecified atom stereocenters. The summed E-state index contributed by atoms with van der Waals surface area (Å²) >= 11 is 0. The maximum absolute atomic E-state index is 9.45. The maximum atomic E-state index is 9.45. The predicted molar refractivity (Wildman–Crippen MR) is 77.5 cm³/mol. The van der Waals surface area contributed by atoms with Crippen molar-refractivity contribution in [1.29, 1.82) is 0 Å². The molecular weight excluding hydrogens is 238 g/mol. The zero-order chi connectivity index (χ0) is 14.0. The third kappa shape index (κ3) is 2.89. The predicted octanol–water partition coefficient (Wildman–Crippen LogP) is 3.40. The van der Waals surface area contributed by atoms with Crippen molar-refractivity contribution in [2.45, 2.75) is 40.3 Å². The summed E-state index contributed by atoms with van der Waals surface area (Å²) < 4.78 is 2.03. The first kappa shape index (κ1) is 13.5. The van der Waals surface area contributed by atoms with E-state index >= 15 is 0 Å². The van der Waals surface area contributed by atoms with E-state index in [1.165, 1.54) is 0 Å². The second kappa shape index (κ2) is 5.34. The van der Waals surface area contributed by atoms with Gasteiger partial charge < -0.3 is 10.4 Å². The van der Waals surface area contributed by atoms with E-state index in [4.69, 9.17) is 0 Å². The molecule has 0 amide bonds. The van der Waals surface area contributed by atoms with Gasteiger partial charge in [0.2, 0.25) is 0 Å². The highest BCUT2D eigenvalue weighted by Crippen LogP contribution is 2.23. The molecule has 2 rings (SSSR count). The number of anilines is 1. The third-order valence-corrected chi connectivity index (χ3v) is 3.19. The number of aryl methyl sites for hydroxylation is 1. The number of hydrogen-bond donors (Lipinski definition) is 2. The smallest absolute Gasteiger partial charge is 0.115 e. The standard InChI is InChI=1S/C15H21N3O/c1-10(2)18-12(4)15(11(3)17-18)16-9-13-6-5-7-14(19)8-13/h5-8,10,16,19H,9H2,1-4H3. The van der Waals surface area contributed by atoms with Crippen LogP contribution in [0.5, 0.6) is 5.75 Å². The Morgan fingerprint density at radius 1 is 1.32 bits per heavy atom. The Morgan fingerprint density at radius 3 is 2.63 bits per heavy atom. The third-order valence-electron chi connectivity index (χ3n) is 3.19. The van der Waals surface area contributed by atoms with Gasteiger partial charge in [-0.25, -0.2) is 0 Å². The van der Waals surface area contributed by atoms with Crippen LogP contribution in [0.2, 0.25) is 0 Å². The number of aromatic hydroxyl groups is 1. The molecule has 0 atom stereocenters. The number of nitrogens with zero attached hydrogens (tertiary/aromatic N) is 2. The van der Waals surface area contributed by atoms with E-state index < -0.39 is 0 Å². The first-order valence-corrected chi connectivity index (χ1v) is 6.56. The topological polar surface area (TPSA) is 50.1 Å². The van der Waals surface area contributed by atoms with Crippen LogP contribution in [0.3, 0.4) is 0 Å². The van der Waals surface area contributed by atoms with Crippen molar-refractivity contribution in [2.24, 2.45) is 0 Å². The molecule has 1 aromatic carbocycles. The summed E-state index contributed by atoms with van der Waals surface area (Å²) in [6, 6.07) is 7.64. The van der Waals surface area contributed by atoms with E-state index in [1.54, 1.807) is 12.1 Å². The lowest BCUT2D eigenvalue weighted by Gasteiger charge is -2.10. The summed E-state index contributed by atoms with van der Waals surface area (Å²) in [4.78, 5) is 0. The molecule has 1 heterocycles. The minimum absolute atomic E-state index is 0.297. The monoisotopic (exact) mass is 259 g/mol. The van der Waals surface area contributed by atoms with Gasteiger partial charge in [-0.1, -0.05) is 12.1 Å². The van der Waals surface area contributed by atoms with Gasteiger partial charge in [-0.05, 0) is 45.4 Å². The number of phenols is 1. The normalized spacial score (nSPS) is 11.0. The van der Waals surface area contributed by atoms with Gasteiger partial charge in [0, 0.05) is 12.6 Å². The van der Waals surface area contributed by atoms with Crippen molar-refractivity contribution in [2.75, 3.05) is 5.32 Å². The molecule has 0 bridgehead atoms. The Hall–Kier alpha value is -1.97. The molecule has 1 aromatic heterocycles. The zero-order valence-corrected chi connectivity index (χ0v) is 11.9. The minimum Gasteiger partial charge on any atom is -0.508 e. The minimum atomic E-state index is 0.297. The number of phenolic OH excluding ortho intramolecular Hbond substituents is 1. The molecule has 4 heteroatoms. The number of rotatable bonds is 4. The largest absolute Gasteiger partial charge is 0.508 e. The fraction of sp³-hybridized carbons (Fsp3) is 0.400. The average Bonchev–Trinajstić information content (AvgIpc) is 2.63. The summed E-state index contributed by atoms with van der Waals surface area (Å²) in [7, 11) is 0. The van der Waals surface area contributed by atoms with Gasteiger partial charge in [0.25, 0.3) is 0 Å². The molecule has 0 aliphatic carbocycles. The lowest BCUT2D eigenvalue weighted by atomic mass is 10.2. The summed E-state index contributed by atoms with van der Waals surface area (Å²) in [5, 5.41) is 17.4. The van der Waals surface area contributed by atoms with E-state index in [2.05, 4.69) is 31.2 Å². The van der Waals surface area contributed by atoms with Crippen molar-refractivity contribution < 1.29 is 5.11 Å².